The SMILES string of the molecule is CCOc1ccccc1NC(=O)[C@H](C)Nc1ccc(C(F)(F)F)cc1[N+](=O)[O-]. The molecule has 2 aromatic carbocycles. The fourth-order valence-corrected chi connectivity index (χ4v) is 2.37. The van der Waals surface area contributed by atoms with Gasteiger partial charge in [0.2, 0.25) is 5.91 Å². The number of nitrogens with one attached hydrogen (secondary N) is 2. The monoisotopic (exact) mass is 397 g/mol. The topological polar surface area (TPSA) is 93.5 Å². The first-order valence-electron chi connectivity index (χ1n) is 8.28. The van der Waals surface area contributed by atoms with Gasteiger partial charge in [-0.1, -0.05) is 12.1 Å². The minimum Gasteiger partial charge on any atom is -0.492 e. The quantitative estimate of drug-likeness (QED) is 0.532. The molecule has 0 bridgehead atoms. The number of nitro groups is 1. The molecule has 0 aliphatic carbocycles. The summed E-state index contributed by atoms with van der Waals surface area (Å²) in [4.78, 5) is 22.6. The Morgan fingerprint density at radius 3 is 2.50 bits per heavy atom. The molecule has 0 radical (unpaired) electrons. The third kappa shape index (κ3) is 5.12. The molecule has 0 heterocycles. The van der Waals surface area contributed by atoms with Crippen LogP contribution in [0.2, 0.25) is 0 Å². The number of carbonyl (C=O) groups is 1. The zero-order valence-electron chi connectivity index (χ0n) is 15.0. The van der Waals surface area contributed by atoms with Crippen LogP contribution < -0.4 is 15.4 Å². The zero-order valence-corrected chi connectivity index (χ0v) is 15.0. The van der Waals surface area contributed by atoms with Crippen molar-refractivity contribution in [2.75, 3.05) is 17.2 Å². The van der Waals surface area contributed by atoms with Gasteiger partial charge >= 0.3 is 6.18 Å². The normalized spacial score (nSPS) is 12.2. The van der Waals surface area contributed by atoms with E-state index in [1.165, 1.54) is 6.92 Å². The summed E-state index contributed by atoms with van der Waals surface area (Å²) in [5, 5.41) is 16.3. The number of ether oxygens (including phenoxy) is 1. The largest absolute Gasteiger partial charge is 0.492 e. The van der Waals surface area contributed by atoms with Gasteiger partial charge in [-0.25, -0.2) is 0 Å². The lowest BCUT2D eigenvalue weighted by atomic mass is 10.1. The van der Waals surface area contributed by atoms with Crippen LogP contribution in [-0.4, -0.2) is 23.5 Å². The summed E-state index contributed by atoms with van der Waals surface area (Å²) in [7, 11) is 0. The maximum Gasteiger partial charge on any atom is 0.416 e. The van der Waals surface area contributed by atoms with Crippen LogP contribution in [0.5, 0.6) is 5.75 Å². The van der Waals surface area contributed by atoms with Gasteiger partial charge in [-0.15, -0.1) is 0 Å². The van der Waals surface area contributed by atoms with Crippen molar-refractivity contribution < 1.29 is 27.6 Å². The molecule has 7 nitrogen and oxygen atoms in total. The summed E-state index contributed by atoms with van der Waals surface area (Å²) in [5.41, 5.74) is -1.71. The van der Waals surface area contributed by atoms with Crippen LogP contribution in [0, 0.1) is 10.1 Å². The number of anilines is 2. The first-order chi connectivity index (χ1) is 13.1. The highest BCUT2D eigenvalue weighted by Crippen LogP contribution is 2.35. The van der Waals surface area contributed by atoms with Crippen LogP contribution in [0.1, 0.15) is 19.4 Å². The molecule has 150 valence electrons. The molecule has 1 amide bonds. The molecule has 2 aromatic rings. The third-order valence-electron chi connectivity index (χ3n) is 3.73. The maximum absolute atomic E-state index is 12.8. The van der Waals surface area contributed by atoms with Crippen molar-refractivity contribution >= 4 is 23.0 Å². The second-order valence-electron chi connectivity index (χ2n) is 5.77. The molecule has 0 aliphatic rings. The van der Waals surface area contributed by atoms with Gasteiger partial charge < -0.3 is 15.4 Å². The fraction of sp³-hybridized carbons (Fsp3) is 0.278. The Morgan fingerprint density at radius 2 is 1.89 bits per heavy atom. The van der Waals surface area contributed by atoms with E-state index < -0.39 is 34.3 Å². The predicted octanol–water partition coefficient (Wildman–Crippen LogP) is 4.45. The molecular formula is C18H18F3N3O4. The average Bonchev–Trinajstić information content (AvgIpc) is 2.62. The van der Waals surface area contributed by atoms with Crippen molar-refractivity contribution in [3.63, 3.8) is 0 Å². The molecule has 1 atom stereocenters. The van der Waals surface area contributed by atoms with Gasteiger partial charge in [0.05, 0.1) is 22.8 Å². The molecule has 2 rings (SSSR count). The van der Waals surface area contributed by atoms with Crippen molar-refractivity contribution in [3.8, 4) is 5.75 Å². The van der Waals surface area contributed by atoms with E-state index in [1.54, 1.807) is 31.2 Å². The Hall–Kier alpha value is -3.30. The van der Waals surface area contributed by atoms with E-state index in [0.29, 0.717) is 30.2 Å². The van der Waals surface area contributed by atoms with Crippen molar-refractivity contribution in [2.24, 2.45) is 0 Å². The summed E-state index contributed by atoms with van der Waals surface area (Å²) in [5.74, 6) is -0.0904. The Labute approximate surface area is 158 Å². The number of carbonyl (C=O) groups excluding carboxylic acids is 1. The number of halogens is 3. The summed E-state index contributed by atoms with van der Waals surface area (Å²) in [6.45, 7) is 3.60. The third-order valence-corrected chi connectivity index (χ3v) is 3.73. The molecular weight excluding hydrogens is 379 g/mol. The van der Waals surface area contributed by atoms with Crippen LogP contribution in [0.4, 0.5) is 30.2 Å². The van der Waals surface area contributed by atoms with Gasteiger partial charge in [0.1, 0.15) is 17.5 Å². The predicted molar refractivity (Wildman–Crippen MR) is 97.4 cm³/mol. The van der Waals surface area contributed by atoms with Gasteiger partial charge in [-0.3, -0.25) is 14.9 Å². The highest BCUT2D eigenvalue weighted by atomic mass is 19.4. The molecule has 10 heteroatoms. The summed E-state index contributed by atoms with van der Waals surface area (Å²) in [6.07, 6.45) is -4.71. The van der Waals surface area contributed by atoms with Crippen LogP contribution in [0.3, 0.4) is 0 Å². The summed E-state index contributed by atoms with van der Waals surface area (Å²) in [6, 6.07) is 7.81. The lowest BCUT2D eigenvalue weighted by Crippen LogP contribution is -2.32. The molecule has 0 fully saturated rings. The lowest BCUT2D eigenvalue weighted by molar-refractivity contribution is -0.384. The Balaban J connectivity index is 2.19. The number of benzene rings is 2. The van der Waals surface area contributed by atoms with E-state index >= 15 is 0 Å². The Morgan fingerprint density at radius 1 is 1.21 bits per heavy atom. The van der Waals surface area contributed by atoms with Crippen molar-refractivity contribution in [1.29, 1.82) is 0 Å². The highest BCUT2D eigenvalue weighted by Gasteiger charge is 2.33. The minimum absolute atomic E-state index is 0.196. The van der Waals surface area contributed by atoms with Gasteiger partial charge in [0, 0.05) is 6.07 Å². The Bertz CT molecular complexity index is 871. The number of amides is 1. The smallest absolute Gasteiger partial charge is 0.416 e. The van der Waals surface area contributed by atoms with Gasteiger partial charge in [-0.2, -0.15) is 13.2 Å². The minimum atomic E-state index is -4.71. The lowest BCUT2D eigenvalue weighted by Gasteiger charge is -2.17. The first-order valence-corrected chi connectivity index (χ1v) is 8.28. The number of hydrogen-bond acceptors (Lipinski definition) is 5. The second-order valence-corrected chi connectivity index (χ2v) is 5.77. The number of para-hydroxylation sites is 2. The standard InChI is InChI=1S/C18H18F3N3O4/c1-3-28-16-7-5-4-6-14(16)23-17(25)11(2)22-13-9-8-12(18(19,20)21)10-15(13)24(26)27/h4-11,22H,3H2,1-2H3,(H,23,25)/t11-/m0/s1. The molecule has 2 N–H and O–H groups in total. The van der Waals surface area contributed by atoms with E-state index in [4.69, 9.17) is 4.74 Å². The maximum atomic E-state index is 12.8. The number of hydrogen-bond donors (Lipinski definition) is 2. The van der Waals surface area contributed by atoms with E-state index in [9.17, 15) is 28.1 Å². The molecule has 28 heavy (non-hydrogen) atoms. The first kappa shape index (κ1) is 21.0. The molecule has 0 unspecified atom stereocenters. The summed E-state index contributed by atoms with van der Waals surface area (Å²) < 4.78 is 43.7. The van der Waals surface area contributed by atoms with Crippen LogP contribution in [0.25, 0.3) is 0 Å². The van der Waals surface area contributed by atoms with Gasteiger partial charge in [-0.05, 0) is 38.1 Å². The van der Waals surface area contributed by atoms with Crippen molar-refractivity contribution in [2.45, 2.75) is 26.1 Å². The molecule has 0 aliphatic heterocycles. The zero-order chi connectivity index (χ0) is 20.9. The van der Waals surface area contributed by atoms with E-state index in [0.717, 1.165) is 6.07 Å². The molecule has 0 saturated heterocycles. The van der Waals surface area contributed by atoms with Gasteiger partial charge in [0.25, 0.3) is 5.69 Å². The number of nitrogens with zero attached hydrogens (tertiary/aromatic N) is 1. The Kier molecular flexibility index (Phi) is 6.45. The van der Waals surface area contributed by atoms with Crippen LogP contribution >= 0.6 is 0 Å². The van der Waals surface area contributed by atoms with Crippen molar-refractivity contribution in [1.82, 2.24) is 0 Å². The fourth-order valence-electron chi connectivity index (χ4n) is 2.37. The second kappa shape index (κ2) is 8.59. The van der Waals surface area contributed by atoms with Crippen LogP contribution in [-0.2, 0) is 11.0 Å². The molecule has 0 saturated carbocycles. The van der Waals surface area contributed by atoms with Gasteiger partial charge in [0.15, 0.2) is 0 Å². The highest BCUT2D eigenvalue weighted by molar-refractivity contribution is 5.97. The van der Waals surface area contributed by atoms with E-state index in [-0.39, 0.29) is 5.69 Å². The summed E-state index contributed by atoms with van der Waals surface area (Å²) >= 11 is 0. The van der Waals surface area contributed by atoms with Crippen molar-refractivity contribution in [3.05, 3.63) is 58.1 Å². The molecule has 0 aromatic heterocycles. The average molecular weight is 397 g/mol. The van der Waals surface area contributed by atoms with Crippen LogP contribution in [0.15, 0.2) is 42.5 Å². The molecule has 0 spiro atoms. The number of rotatable bonds is 7. The number of alkyl halides is 3. The van der Waals surface area contributed by atoms with E-state index in [1.807, 2.05) is 0 Å². The van der Waals surface area contributed by atoms with E-state index in [2.05, 4.69) is 10.6 Å². The number of nitro benzene ring substituents is 1.